The van der Waals surface area contributed by atoms with Crippen LogP contribution in [0.25, 0.3) is 0 Å². The van der Waals surface area contributed by atoms with Gasteiger partial charge in [-0.2, -0.15) is 0 Å². The van der Waals surface area contributed by atoms with Crippen molar-refractivity contribution in [3.8, 4) is 5.75 Å². The molecule has 0 aromatic heterocycles. The first-order valence-corrected chi connectivity index (χ1v) is 6.76. The maximum atomic E-state index is 10.7. The van der Waals surface area contributed by atoms with E-state index in [4.69, 9.17) is 0 Å². The van der Waals surface area contributed by atoms with E-state index < -0.39 is 4.92 Å². The highest BCUT2D eigenvalue weighted by atomic mass is 79.9. The third-order valence-electron chi connectivity index (χ3n) is 2.91. The fraction of sp³-hybridized carbons (Fsp3) is 0.143. The highest BCUT2D eigenvalue weighted by molar-refractivity contribution is 9.10. The molecule has 0 bridgehead atoms. The van der Waals surface area contributed by atoms with Crippen LogP contribution in [-0.4, -0.2) is 10.0 Å². The molecule has 5 nitrogen and oxygen atoms in total. The molecule has 2 aromatic rings. The monoisotopic (exact) mass is 336 g/mol. The van der Waals surface area contributed by atoms with Crippen molar-refractivity contribution in [2.75, 3.05) is 5.32 Å². The highest BCUT2D eigenvalue weighted by Crippen LogP contribution is 2.30. The lowest BCUT2D eigenvalue weighted by Gasteiger charge is -2.17. The average Bonchev–Trinajstić information content (AvgIpc) is 2.40. The molecule has 0 aliphatic heterocycles. The predicted octanol–water partition coefficient (Wildman–Crippen LogP) is 4.24. The van der Waals surface area contributed by atoms with Gasteiger partial charge in [0.05, 0.1) is 4.92 Å². The number of nitro benzene ring substituents is 1. The van der Waals surface area contributed by atoms with Crippen LogP contribution in [0.3, 0.4) is 0 Å². The van der Waals surface area contributed by atoms with Gasteiger partial charge in [0, 0.05) is 28.3 Å². The zero-order valence-electron chi connectivity index (χ0n) is 10.7. The van der Waals surface area contributed by atoms with E-state index in [0.29, 0.717) is 4.47 Å². The molecule has 1 unspecified atom stereocenters. The van der Waals surface area contributed by atoms with Crippen molar-refractivity contribution in [2.45, 2.75) is 13.0 Å². The molecule has 1 atom stereocenters. The SMILES string of the molecule is CC(Nc1ccc([N+](=O)[O-])cc1Br)c1cccc(O)c1. The largest absolute Gasteiger partial charge is 0.508 e. The second kappa shape index (κ2) is 5.92. The van der Waals surface area contributed by atoms with E-state index in [1.807, 2.05) is 13.0 Å². The normalized spacial score (nSPS) is 11.9. The van der Waals surface area contributed by atoms with Gasteiger partial charge in [-0.15, -0.1) is 0 Å². The number of aromatic hydroxyl groups is 1. The molecule has 2 rings (SSSR count). The Morgan fingerprint density at radius 1 is 1.30 bits per heavy atom. The number of halogens is 1. The molecular formula is C14H13BrN2O3. The first-order chi connectivity index (χ1) is 9.47. The Kier molecular flexibility index (Phi) is 4.24. The van der Waals surface area contributed by atoms with Crippen LogP contribution >= 0.6 is 15.9 Å². The Morgan fingerprint density at radius 2 is 2.05 bits per heavy atom. The number of non-ortho nitro benzene ring substituents is 1. The van der Waals surface area contributed by atoms with Crippen LogP contribution in [0.1, 0.15) is 18.5 Å². The first-order valence-electron chi connectivity index (χ1n) is 5.97. The van der Waals surface area contributed by atoms with Crippen molar-refractivity contribution >= 4 is 27.3 Å². The zero-order chi connectivity index (χ0) is 14.7. The standard InChI is InChI=1S/C14H13BrN2O3/c1-9(10-3-2-4-12(18)7-10)16-14-6-5-11(17(19)20)8-13(14)15/h2-9,16,18H,1H3. The number of hydrogen-bond donors (Lipinski definition) is 2. The molecule has 6 heteroatoms. The molecule has 0 fully saturated rings. The number of phenolic OH excluding ortho intramolecular Hbond substituents is 1. The number of nitrogens with one attached hydrogen (secondary N) is 1. The summed E-state index contributed by atoms with van der Waals surface area (Å²) in [7, 11) is 0. The maximum Gasteiger partial charge on any atom is 0.270 e. The smallest absolute Gasteiger partial charge is 0.270 e. The van der Waals surface area contributed by atoms with Gasteiger partial charge in [-0.25, -0.2) is 0 Å². The van der Waals surface area contributed by atoms with E-state index >= 15 is 0 Å². The van der Waals surface area contributed by atoms with Crippen molar-refractivity contribution in [3.63, 3.8) is 0 Å². The molecule has 0 heterocycles. The van der Waals surface area contributed by atoms with Gasteiger partial charge in [0.1, 0.15) is 5.75 Å². The third kappa shape index (κ3) is 3.27. The van der Waals surface area contributed by atoms with Crippen LogP contribution in [0.4, 0.5) is 11.4 Å². The molecule has 0 radical (unpaired) electrons. The minimum atomic E-state index is -0.437. The predicted molar refractivity (Wildman–Crippen MR) is 80.9 cm³/mol. The lowest BCUT2D eigenvalue weighted by molar-refractivity contribution is -0.384. The number of rotatable bonds is 4. The Labute approximate surface area is 124 Å². The van der Waals surface area contributed by atoms with Crippen molar-refractivity contribution in [2.24, 2.45) is 0 Å². The van der Waals surface area contributed by atoms with Crippen molar-refractivity contribution in [3.05, 3.63) is 62.6 Å². The molecule has 0 saturated heterocycles. The summed E-state index contributed by atoms with van der Waals surface area (Å²) in [5.74, 6) is 0.207. The molecule has 20 heavy (non-hydrogen) atoms. The summed E-state index contributed by atoms with van der Waals surface area (Å²) in [5.41, 5.74) is 1.72. The lowest BCUT2D eigenvalue weighted by Crippen LogP contribution is -2.07. The van der Waals surface area contributed by atoms with Crippen LogP contribution in [0.2, 0.25) is 0 Å². The Morgan fingerprint density at radius 3 is 2.65 bits per heavy atom. The second-order valence-corrected chi connectivity index (χ2v) is 5.24. The summed E-state index contributed by atoms with van der Waals surface area (Å²) >= 11 is 3.31. The van der Waals surface area contributed by atoms with Gasteiger partial charge < -0.3 is 10.4 Å². The van der Waals surface area contributed by atoms with Crippen molar-refractivity contribution in [1.29, 1.82) is 0 Å². The molecule has 0 aliphatic carbocycles. The van der Waals surface area contributed by atoms with E-state index in [9.17, 15) is 15.2 Å². The number of benzene rings is 2. The van der Waals surface area contributed by atoms with Gasteiger partial charge in [-0.1, -0.05) is 12.1 Å². The van der Waals surface area contributed by atoms with Gasteiger partial charge in [-0.3, -0.25) is 10.1 Å². The number of nitro groups is 1. The van der Waals surface area contributed by atoms with E-state index in [2.05, 4.69) is 21.2 Å². The Bertz CT molecular complexity index is 646. The number of hydrogen-bond acceptors (Lipinski definition) is 4. The van der Waals surface area contributed by atoms with Gasteiger partial charge >= 0.3 is 0 Å². The lowest BCUT2D eigenvalue weighted by atomic mass is 10.1. The average molecular weight is 337 g/mol. The number of phenols is 1. The summed E-state index contributed by atoms with van der Waals surface area (Å²) in [6.07, 6.45) is 0. The second-order valence-electron chi connectivity index (χ2n) is 4.38. The molecule has 0 aliphatic rings. The van der Waals surface area contributed by atoms with Gasteiger partial charge in [0.25, 0.3) is 5.69 Å². The summed E-state index contributed by atoms with van der Waals surface area (Å²) in [6, 6.07) is 11.5. The topological polar surface area (TPSA) is 75.4 Å². The quantitative estimate of drug-likeness (QED) is 0.646. The van der Waals surface area contributed by atoms with Crippen LogP contribution < -0.4 is 5.32 Å². The minimum absolute atomic E-state index is 0.0347. The van der Waals surface area contributed by atoms with Crippen molar-refractivity contribution in [1.82, 2.24) is 0 Å². The van der Waals surface area contributed by atoms with E-state index in [1.54, 1.807) is 24.3 Å². The molecule has 2 N–H and O–H groups in total. The fourth-order valence-electron chi connectivity index (χ4n) is 1.85. The van der Waals surface area contributed by atoms with Crippen LogP contribution in [-0.2, 0) is 0 Å². The van der Waals surface area contributed by atoms with E-state index in [-0.39, 0.29) is 17.5 Å². The van der Waals surface area contributed by atoms with Crippen LogP contribution in [0.15, 0.2) is 46.9 Å². The molecule has 0 amide bonds. The minimum Gasteiger partial charge on any atom is -0.508 e. The first kappa shape index (κ1) is 14.3. The van der Waals surface area contributed by atoms with Gasteiger partial charge in [-0.05, 0) is 46.6 Å². The number of anilines is 1. The summed E-state index contributed by atoms with van der Waals surface area (Å²) in [5, 5.41) is 23.4. The Balaban J connectivity index is 2.19. The molecule has 0 spiro atoms. The summed E-state index contributed by atoms with van der Waals surface area (Å²) in [4.78, 5) is 10.2. The molecule has 2 aromatic carbocycles. The van der Waals surface area contributed by atoms with Crippen molar-refractivity contribution < 1.29 is 10.0 Å². The molecular weight excluding hydrogens is 324 g/mol. The fourth-order valence-corrected chi connectivity index (χ4v) is 2.33. The maximum absolute atomic E-state index is 10.7. The number of nitrogens with zero attached hydrogens (tertiary/aromatic N) is 1. The third-order valence-corrected chi connectivity index (χ3v) is 3.56. The van der Waals surface area contributed by atoms with Crippen LogP contribution in [0.5, 0.6) is 5.75 Å². The summed E-state index contributed by atoms with van der Waals surface area (Å²) < 4.78 is 0.624. The van der Waals surface area contributed by atoms with Gasteiger partial charge in [0.2, 0.25) is 0 Å². The molecule has 104 valence electrons. The zero-order valence-corrected chi connectivity index (χ0v) is 12.3. The van der Waals surface area contributed by atoms with Crippen LogP contribution in [0, 0.1) is 10.1 Å². The molecule has 0 saturated carbocycles. The van der Waals surface area contributed by atoms with E-state index in [1.165, 1.54) is 12.1 Å². The van der Waals surface area contributed by atoms with Gasteiger partial charge in [0.15, 0.2) is 0 Å². The Hall–Kier alpha value is -2.08. The summed E-state index contributed by atoms with van der Waals surface area (Å²) in [6.45, 7) is 1.95. The van der Waals surface area contributed by atoms with E-state index in [0.717, 1.165) is 11.3 Å². The highest BCUT2D eigenvalue weighted by Gasteiger charge is 2.12.